The molecule has 85 valence electrons. The van der Waals surface area contributed by atoms with Gasteiger partial charge in [0.1, 0.15) is 0 Å². The summed E-state index contributed by atoms with van der Waals surface area (Å²) in [5.74, 6) is 0.920. The van der Waals surface area contributed by atoms with Crippen LogP contribution in [0.3, 0.4) is 0 Å². The van der Waals surface area contributed by atoms with Crippen molar-refractivity contribution in [2.75, 3.05) is 0 Å². The van der Waals surface area contributed by atoms with Gasteiger partial charge in [-0.1, -0.05) is 73.1 Å². The summed E-state index contributed by atoms with van der Waals surface area (Å²) in [7, 11) is 0. The lowest BCUT2D eigenvalue weighted by Gasteiger charge is -2.19. The average molecular weight is 197 g/mol. The van der Waals surface area contributed by atoms with E-state index < -0.39 is 0 Å². The lowest BCUT2D eigenvalue weighted by Crippen LogP contribution is -2.05. The van der Waals surface area contributed by atoms with Crippen LogP contribution >= 0.6 is 0 Å². The molecule has 1 unspecified atom stereocenters. The van der Waals surface area contributed by atoms with E-state index in [-0.39, 0.29) is 0 Å². The normalized spacial score (nSPS) is 14.4. The first-order chi connectivity index (χ1) is 6.45. The third kappa shape index (κ3) is 10.1. The van der Waals surface area contributed by atoms with Crippen molar-refractivity contribution in [2.24, 2.45) is 11.3 Å². The fourth-order valence-corrected chi connectivity index (χ4v) is 1.79. The van der Waals surface area contributed by atoms with Crippen LogP contribution in [0.2, 0.25) is 0 Å². The maximum Gasteiger partial charge on any atom is -0.0383 e. The molecular formula is C14H29. The second-order valence-corrected chi connectivity index (χ2v) is 5.91. The standard InChI is InChI=1S/C14H29/c1-6-7-8-10-13(2)11-9-12-14(3,4)5/h13H,1,6-12H2,2-5H3. The van der Waals surface area contributed by atoms with Crippen molar-refractivity contribution in [3.8, 4) is 0 Å². The van der Waals surface area contributed by atoms with Gasteiger partial charge in [-0.05, 0) is 17.8 Å². The zero-order valence-electron chi connectivity index (χ0n) is 10.7. The highest BCUT2D eigenvalue weighted by Gasteiger charge is 2.10. The van der Waals surface area contributed by atoms with Gasteiger partial charge in [0.25, 0.3) is 0 Å². The van der Waals surface area contributed by atoms with Gasteiger partial charge in [-0.25, -0.2) is 0 Å². The van der Waals surface area contributed by atoms with Gasteiger partial charge in [0.2, 0.25) is 0 Å². The monoisotopic (exact) mass is 197 g/mol. The summed E-state index contributed by atoms with van der Waals surface area (Å²) in [5, 5.41) is 0. The second kappa shape index (κ2) is 7.31. The van der Waals surface area contributed by atoms with Gasteiger partial charge >= 0.3 is 0 Å². The molecule has 1 radical (unpaired) electrons. The minimum atomic E-state index is 0.521. The van der Waals surface area contributed by atoms with Crippen molar-refractivity contribution in [1.29, 1.82) is 0 Å². The van der Waals surface area contributed by atoms with E-state index >= 15 is 0 Å². The Morgan fingerprint density at radius 3 is 2.07 bits per heavy atom. The summed E-state index contributed by atoms with van der Waals surface area (Å²) < 4.78 is 0. The van der Waals surface area contributed by atoms with E-state index in [0.717, 1.165) is 12.3 Å². The van der Waals surface area contributed by atoms with Gasteiger partial charge in [0.15, 0.2) is 0 Å². The van der Waals surface area contributed by atoms with Crippen molar-refractivity contribution >= 4 is 0 Å². The fourth-order valence-electron chi connectivity index (χ4n) is 1.79. The Balaban J connectivity index is 3.31. The molecular weight excluding hydrogens is 168 g/mol. The third-order valence-corrected chi connectivity index (χ3v) is 2.82. The number of unbranched alkanes of at least 4 members (excludes halogenated alkanes) is 2. The minimum Gasteiger partial charge on any atom is -0.0625 e. The molecule has 0 aromatic carbocycles. The van der Waals surface area contributed by atoms with Gasteiger partial charge in [0.05, 0.1) is 0 Å². The van der Waals surface area contributed by atoms with E-state index in [4.69, 9.17) is 0 Å². The summed E-state index contributed by atoms with van der Waals surface area (Å²) in [6.45, 7) is 13.3. The van der Waals surface area contributed by atoms with Gasteiger partial charge in [-0.15, -0.1) is 0 Å². The maximum absolute atomic E-state index is 3.88. The van der Waals surface area contributed by atoms with Crippen LogP contribution in [0.15, 0.2) is 0 Å². The number of hydrogen-bond acceptors (Lipinski definition) is 0. The van der Waals surface area contributed by atoms with Crippen molar-refractivity contribution in [2.45, 2.75) is 72.6 Å². The highest BCUT2D eigenvalue weighted by Crippen LogP contribution is 2.24. The van der Waals surface area contributed by atoms with Crippen LogP contribution in [-0.2, 0) is 0 Å². The molecule has 0 heteroatoms. The highest BCUT2D eigenvalue weighted by atomic mass is 14.2. The van der Waals surface area contributed by atoms with Crippen LogP contribution in [0.5, 0.6) is 0 Å². The van der Waals surface area contributed by atoms with Crippen LogP contribution in [0.4, 0.5) is 0 Å². The predicted molar refractivity (Wildman–Crippen MR) is 66.3 cm³/mol. The molecule has 0 aliphatic carbocycles. The molecule has 1 atom stereocenters. The molecule has 0 heterocycles. The van der Waals surface area contributed by atoms with E-state index in [1.54, 1.807) is 0 Å². The van der Waals surface area contributed by atoms with Crippen molar-refractivity contribution in [3.63, 3.8) is 0 Å². The van der Waals surface area contributed by atoms with Gasteiger partial charge in [0, 0.05) is 0 Å². The molecule has 0 aromatic rings. The zero-order valence-corrected chi connectivity index (χ0v) is 10.7. The topological polar surface area (TPSA) is 0 Å². The lowest BCUT2D eigenvalue weighted by molar-refractivity contribution is 0.336. The molecule has 0 aromatic heterocycles. The van der Waals surface area contributed by atoms with Crippen molar-refractivity contribution < 1.29 is 0 Å². The molecule has 14 heavy (non-hydrogen) atoms. The van der Waals surface area contributed by atoms with E-state index in [1.165, 1.54) is 38.5 Å². The summed E-state index contributed by atoms with van der Waals surface area (Å²) in [6, 6.07) is 0. The molecule has 0 nitrogen and oxygen atoms in total. The fraction of sp³-hybridized carbons (Fsp3) is 0.929. The summed E-state index contributed by atoms with van der Waals surface area (Å²) in [5.41, 5.74) is 0.521. The largest absolute Gasteiger partial charge is 0.0625 e. The van der Waals surface area contributed by atoms with E-state index in [1.807, 2.05) is 0 Å². The van der Waals surface area contributed by atoms with Gasteiger partial charge in [-0.2, -0.15) is 0 Å². The van der Waals surface area contributed by atoms with Crippen LogP contribution in [0.25, 0.3) is 0 Å². The smallest absolute Gasteiger partial charge is 0.0383 e. The molecule has 0 N–H and O–H groups in total. The SMILES string of the molecule is [CH2]CCCCC(C)CCCC(C)(C)C. The summed E-state index contributed by atoms with van der Waals surface area (Å²) in [6.07, 6.45) is 9.37. The Kier molecular flexibility index (Phi) is 7.31. The van der Waals surface area contributed by atoms with E-state index in [0.29, 0.717) is 5.41 Å². The number of rotatable bonds is 7. The minimum absolute atomic E-state index is 0.521. The average Bonchev–Trinajstić information content (AvgIpc) is 2.02. The van der Waals surface area contributed by atoms with Crippen LogP contribution in [0, 0.1) is 18.3 Å². The van der Waals surface area contributed by atoms with Crippen LogP contribution in [-0.4, -0.2) is 0 Å². The Morgan fingerprint density at radius 1 is 1.00 bits per heavy atom. The molecule has 0 saturated heterocycles. The summed E-state index contributed by atoms with van der Waals surface area (Å²) >= 11 is 0. The summed E-state index contributed by atoms with van der Waals surface area (Å²) in [4.78, 5) is 0. The zero-order chi connectivity index (χ0) is 11.0. The first-order valence-corrected chi connectivity index (χ1v) is 6.25. The molecule has 0 spiro atoms. The van der Waals surface area contributed by atoms with Crippen LogP contribution in [0.1, 0.15) is 72.6 Å². The van der Waals surface area contributed by atoms with Gasteiger partial charge < -0.3 is 0 Å². The van der Waals surface area contributed by atoms with Crippen molar-refractivity contribution in [3.05, 3.63) is 6.92 Å². The van der Waals surface area contributed by atoms with Gasteiger partial charge in [-0.3, -0.25) is 0 Å². The first kappa shape index (κ1) is 14.0. The molecule has 0 aliphatic rings. The Labute approximate surface area is 91.5 Å². The molecule has 0 saturated carbocycles. The molecule has 0 amide bonds. The predicted octanol–water partition coefficient (Wildman–Crippen LogP) is 5.23. The third-order valence-electron chi connectivity index (χ3n) is 2.82. The Morgan fingerprint density at radius 2 is 1.57 bits per heavy atom. The number of hydrogen-bond donors (Lipinski definition) is 0. The van der Waals surface area contributed by atoms with E-state index in [9.17, 15) is 0 Å². The lowest BCUT2D eigenvalue weighted by atomic mass is 9.87. The molecule has 0 fully saturated rings. The molecule has 0 rings (SSSR count). The van der Waals surface area contributed by atoms with Crippen LogP contribution < -0.4 is 0 Å². The molecule has 0 aliphatic heterocycles. The highest BCUT2D eigenvalue weighted by molar-refractivity contribution is 4.63. The Hall–Kier alpha value is 0. The maximum atomic E-state index is 3.88. The van der Waals surface area contributed by atoms with Crippen molar-refractivity contribution in [1.82, 2.24) is 0 Å². The first-order valence-electron chi connectivity index (χ1n) is 6.25. The molecule has 0 bridgehead atoms. The van der Waals surface area contributed by atoms with E-state index in [2.05, 4.69) is 34.6 Å². The quantitative estimate of drug-likeness (QED) is 0.490. The Bertz CT molecular complexity index is 118. The second-order valence-electron chi connectivity index (χ2n) is 5.91.